The number of hydrogen-bond acceptors (Lipinski definition) is 2. The molecule has 0 aromatic heterocycles. The van der Waals surface area contributed by atoms with Crippen LogP contribution in [-0.2, 0) is 4.79 Å². The fourth-order valence-electron chi connectivity index (χ4n) is 3.49. The fourth-order valence-corrected chi connectivity index (χ4v) is 3.64. The lowest BCUT2D eigenvalue weighted by molar-refractivity contribution is -0.118. The second-order valence-electron chi connectivity index (χ2n) is 7.36. The molecule has 0 saturated carbocycles. The summed E-state index contributed by atoms with van der Waals surface area (Å²) in [4.78, 5) is 11.8. The molecule has 0 radical (unpaired) electrons. The molecule has 27 heavy (non-hydrogen) atoms. The van der Waals surface area contributed by atoms with Gasteiger partial charge in [0.15, 0.2) is 6.10 Å². The molecule has 0 fully saturated rings. The SMILES string of the molecule is CCCCCCCCCCCCC(Oc1cccc2ccccc12)C(=O)Cl. The minimum atomic E-state index is -0.563. The second-order valence-corrected chi connectivity index (χ2v) is 7.73. The van der Waals surface area contributed by atoms with E-state index in [9.17, 15) is 4.79 Å². The Bertz CT molecular complexity index is 678. The van der Waals surface area contributed by atoms with E-state index in [1.165, 1.54) is 51.4 Å². The molecule has 0 heterocycles. The van der Waals surface area contributed by atoms with Crippen LogP contribution in [0.1, 0.15) is 77.6 Å². The van der Waals surface area contributed by atoms with Gasteiger partial charge in [0.1, 0.15) is 5.75 Å². The van der Waals surface area contributed by atoms with Crippen LogP contribution in [0, 0.1) is 0 Å². The topological polar surface area (TPSA) is 26.3 Å². The Labute approximate surface area is 169 Å². The summed E-state index contributed by atoms with van der Waals surface area (Å²) in [7, 11) is 0. The van der Waals surface area contributed by atoms with E-state index in [-0.39, 0.29) is 0 Å². The quantitative estimate of drug-likeness (QED) is 0.245. The van der Waals surface area contributed by atoms with Crippen molar-refractivity contribution in [1.82, 2.24) is 0 Å². The van der Waals surface area contributed by atoms with Gasteiger partial charge in [-0.25, -0.2) is 0 Å². The third-order valence-electron chi connectivity index (χ3n) is 5.09. The Morgan fingerprint density at radius 2 is 1.44 bits per heavy atom. The lowest BCUT2D eigenvalue weighted by Crippen LogP contribution is -2.23. The number of benzene rings is 2. The normalized spacial score (nSPS) is 12.2. The largest absolute Gasteiger partial charge is 0.481 e. The van der Waals surface area contributed by atoms with Gasteiger partial charge in [-0.15, -0.1) is 0 Å². The van der Waals surface area contributed by atoms with Crippen LogP contribution in [0.3, 0.4) is 0 Å². The molecule has 1 unspecified atom stereocenters. The van der Waals surface area contributed by atoms with E-state index in [0.29, 0.717) is 6.42 Å². The molecule has 3 heteroatoms. The van der Waals surface area contributed by atoms with Crippen molar-refractivity contribution in [2.45, 2.75) is 83.7 Å². The van der Waals surface area contributed by atoms with E-state index in [1.807, 2.05) is 42.5 Å². The third kappa shape index (κ3) is 7.92. The molecule has 0 N–H and O–H groups in total. The van der Waals surface area contributed by atoms with Gasteiger partial charge in [0.2, 0.25) is 0 Å². The minimum Gasteiger partial charge on any atom is -0.481 e. The molecule has 148 valence electrons. The van der Waals surface area contributed by atoms with E-state index in [4.69, 9.17) is 16.3 Å². The van der Waals surface area contributed by atoms with Crippen molar-refractivity contribution in [3.63, 3.8) is 0 Å². The first-order valence-electron chi connectivity index (χ1n) is 10.6. The maximum atomic E-state index is 11.8. The average Bonchev–Trinajstić information content (AvgIpc) is 2.68. The number of unbranched alkanes of at least 4 members (excludes halogenated alkanes) is 9. The zero-order valence-corrected chi connectivity index (χ0v) is 17.3. The Morgan fingerprint density at radius 1 is 0.852 bits per heavy atom. The Kier molecular flexibility index (Phi) is 10.3. The van der Waals surface area contributed by atoms with Gasteiger partial charge in [0, 0.05) is 5.39 Å². The fraction of sp³-hybridized carbons (Fsp3) is 0.542. The zero-order valence-electron chi connectivity index (χ0n) is 16.6. The van der Waals surface area contributed by atoms with Gasteiger partial charge in [-0.3, -0.25) is 4.79 Å². The highest BCUT2D eigenvalue weighted by Crippen LogP contribution is 2.27. The lowest BCUT2D eigenvalue weighted by atomic mass is 10.0. The molecule has 0 aliphatic rings. The Balaban J connectivity index is 1.71. The van der Waals surface area contributed by atoms with Gasteiger partial charge in [-0.1, -0.05) is 101 Å². The standard InChI is InChI=1S/C24H33ClO2/c1-2-3-4-5-6-7-8-9-10-11-18-23(24(25)26)27-22-19-14-16-20-15-12-13-17-21(20)22/h12-17,19,23H,2-11,18H2,1H3. The molecule has 0 bridgehead atoms. The Morgan fingerprint density at radius 3 is 2.11 bits per heavy atom. The van der Waals surface area contributed by atoms with Gasteiger partial charge in [0.05, 0.1) is 0 Å². The van der Waals surface area contributed by atoms with Gasteiger partial charge in [0.25, 0.3) is 5.24 Å². The van der Waals surface area contributed by atoms with Crippen LogP contribution < -0.4 is 4.74 Å². The Hall–Kier alpha value is -1.54. The van der Waals surface area contributed by atoms with E-state index in [2.05, 4.69) is 6.92 Å². The number of halogens is 1. The van der Waals surface area contributed by atoms with Gasteiger partial charge in [-0.05, 0) is 35.9 Å². The third-order valence-corrected chi connectivity index (χ3v) is 5.34. The summed E-state index contributed by atoms with van der Waals surface area (Å²) in [5.74, 6) is 0.735. The predicted molar refractivity (Wildman–Crippen MR) is 116 cm³/mol. The lowest BCUT2D eigenvalue weighted by Gasteiger charge is -2.17. The molecular weight excluding hydrogens is 356 g/mol. The van der Waals surface area contributed by atoms with Crippen LogP contribution in [0.4, 0.5) is 0 Å². The number of rotatable bonds is 14. The summed E-state index contributed by atoms with van der Waals surface area (Å²) in [5.41, 5.74) is 0. The van der Waals surface area contributed by atoms with Crippen LogP contribution in [0.25, 0.3) is 10.8 Å². The van der Waals surface area contributed by atoms with Crippen molar-refractivity contribution >= 4 is 27.6 Å². The first kappa shape index (κ1) is 21.8. The maximum Gasteiger partial charge on any atom is 0.262 e. The van der Waals surface area contributed by atoms with Crippen LogP contribution in [0.5, 0.6) is 5.75 Å². The molecule has 0 aliphatic carbocycles. The molecular formula is C24H33ClO2. The summed E-state index contributed by atoms with van der Waals surface area (Å²) >= 11 is 5.80. The monoisotopic (exact) mass is 388 g/mol. The summed E-state index contributed by atoms with van der Waals surface area (Å²) < 4.78 is 5.99. The summed E-state index contributed by atoms with van der Waals surface area (Å²) in [6.07, 6.45) is 12.8. The average molecular weight is 389 g/mol. The molecule has 2 aromatic carbocycles. The van der Waals surface area contributed by atoms with Crippen LogP contribution in [-0.4, -0.2) is 11.3 Å². The number of hydrogen-bond donors (Lipinski definition) is 0. The van der Waals surface area contributed by atoms with Crippen LogP contribution in [0.2, 0.25) is 0 Å². The van der Waals surface area contributed by atoms with Gasteiger partial charge < -0.3 is 4.74 Å². The molecule has 2 rings (SSSR count). The highest BCUT2D eigenvalue weighted by Gasteiger charge is 2.18. The van der Waals surface area contributed by atoms with Crippen LogP contribution >= 0.6 is 11.6 Å². The molecule has 0 amide bonds. The van der Waals surface area contributed by atoms with E-state index >= 15 is 0 Å². The van der Waals surface area contributed by atoms with E-state index in [0.717, 1.165) is 29.4 Å². The highest BCUT2D eigenvalue weighted by molar-refractivity contribution is 6.64. The summed E-state index contributed by atoms with van der Waals surface area (Å²) in [5, 5.41) is 1.72. The molecule has 1 atom stereocenters. The first-order valence-corrected chi connectivity index (χ1v) is 10.9. The molecule has 0 saturated heterocycles. The first-order chi connectivity index (χ1) is 13.2. The molecule has 0 aliphatic heterocycles. The number of fused-ring (bicyclic) bond motifs is 1. The van der Waals surface area contributed by atoms with Crippen molar-refractivity contribution in [2.24, 2.45) is 0 Å². The second kappa shape index (κ2) is 12.8. The predicted octanol–water partition coefficient (Wildman–Crippen LogP) is 7.66. The smallest absolute Gasteiger partial charge is 0.262 e. The van der Waals surface area contributed by atoms with Crippen molar-refractivity contribution in [1.29, 1.82) is 0 Å². The summed E-state index contributed by atoms with van der Waals surface area (Å²) in [6.45, 7) is 2.25. The molecule has 2 aromatic rings. The molecule has 2 nitrogen and oxygen atoms in total. The van der Waals surface area contributed by atoms with Crippen LogP contribution in [0.15, 0.2) is 42.5 Å². The van der Waals surface area contributed by atoms with Crippen molar-refractivity contribution in [3.8, 4) is 5.75 Å². The van der Waals surface area contributed by atoms with Crippen molar-refractivity contribution in [2.75, 3.05) is 0 Å². The van der Waals surface area contributed by atoms with Crippen molar-refractivity contribution in [3.05, 3.63) is 42.5 Å². The van der Waals surface area contributed by atoms with Crippen molar-refractivity contribution < 1.29 is 9.53 Å². The van der Waals surface area contributed by atoms with Gasteiger partial charge >= 0.3 is 0 Å². The zero-order chi connectivity index (χ0) is 19.3. The van der Waals surface area contributed by atoms with Gasteiger partial charge in [-0.2, -0.15) is 0 Å². The van der Waals surface area contributed by atoms with E-state index < -0.39 is 11.3 Å². The number of carbonyl (C=O) groups is 1. The highest BCUT2D eigenvalue weighted by atomic mass is 35.5. The number of ether oxygens (including phenoxy) is 1. The minimum absolute atomic E-state index is 0.404. The molecule has 0 spiro atoms. The number of carbonyl (C=O) groups excluding carboxylic acids is 1. The summed E-state index contributed by atoms with van der Waals surface area (Å²) in [6, 6.07) is 13.9. The maximum absolute atomic E-state index is 11.8. The van der Waals surface area contributed by atoms with E-state index in [1.54, 1.807) is 0 Å².